The predicted molar refractivity (Wildman–Crippen MR) is 104 cm³/mol. The van der Waals surface area contributed by atoms with Gasteiger partial charge in [-0.15, -0.1) is 0 Å². The highest BCUT2D eigenvalue weighted by atomic mass is 16.5. The first-order chi connectivity index (χ1) is 12.5. The number of aromatic nitrogens is 2. The number of anilines is 1. The summed E-state index contributed by atoms with van der Waals surface area (Å²) < 4.78 is 7.50. The topological polar surface area (TPSA) is 53.8 Å². The van der Waals surface area contributed by atoms with Crippen molar-refractivity contribution in [3.05, 3.63) is 22.7 Å². The zero-order chi connectivity index (χ0) is 18.5. The Morgan fingerprint density at radius 1 is 1.23 bits per heavy atom. The lowest BCUT2D eigenvalue weighted by molar-refractivity contribution is -0.0264. The van der Waals surface area contributed by atoms with Crippen molar-refractivity contribution >= 4 is 5.82 Å². The highest BCUT2D eigenvalue weighted by molar-refractivity contribution is 5.34. The fourth-order valence-electron chi connectivity index (χ4n) is 3.80. The van der Waals surface area contributed by atoms with Crippen LogP contribution in [0, 0.1) is 5.92 Å². The van der Waals surface area contributed by atoms with Crippen molar-refractivity contribution in [3.8, 4) is 0 Å². The van der Waals surface area contributed by atoms with Crippen molar-refractivity contribution in [1.29, 1.82) is 0 Å². The Bertz CT molecular complexity index is 627. The van der Waals surface area contributed by atoms with Crippen LogP contribution in [0.25, 0.3) is 0 Å². The van der Waals surface area contributed by atoms with E-state index in [-0.39, 0.29) is 11.7 Å². The molecular weight excluding hydrogens is 330 g/mol. The van der Waals surface area contributed by atoms with Gasteiger partial charge in [-0.2, -0.15) is 0 Å². The van der Waals surface area contributed by atoms with Crippen LogP contribution in [-0.2, 0) is 11.8 Å². The summed E-state index contributed by atoms with van der Waals surface area (Å²) in [6.07, 6.45) is 6.12. The molecule has 0 aliphatic carbocycles. The normalized spacial score (nSPS) is 23.3. The average Bonchev–Trinajstić information content (AvgIpc) is 2.64. The van der Waals surface area contributed by atoms with Gasteiger partial charge in [-0.3, -0.25) is 9.69 Å². The standard InChI is InChI=1S/C19H33N5O2/c1-16-4-7-23(8-5-16)10-11-24-12-13-26-17(15-24)14-22(3)18-19(25)21(2)9-6-20-18/h6,9,16-17H,4-5,7-8,10-15H2,1-3H3/t17-/m0/s1. The molecule has 1 atom stereocenters. The maximum absolute atomic E-state index is 12.2. The molecule has 1 aromatic heterocycles. The van der Waals surface area contributed by atoms with E-state index in [2.05, 4.69) is 21.7 Å². The zero-order valence-corrected chi connectivity index (χ0v) is 16.4. The average molecular weight is 364 g/mol. The van der Waals surface area contributed by atoms with Gasteiger partial charge in [0, 0.05) is 59.2 Å². The summed E-state index contributed by atoms with van der Waals surface area (Å²) in [6.45, 7) is 10.4. The summed E-state index contributed by atoms with van der Waals surface area (Å²) in [5.41, 5.74) is -0.0676. The monoisotopic (exact) mass is 363 g/mol. The first-order valence-electron chi connectivity index (χ1n) is 9.82. The Labute approximate surface area is 156 Å². The van der Waals surface area contributed by atoms with Crippen LogP contribution in [0.5, 0.6) is 0 Å². The molecule has 2 aliphatic rings. The van der Waals surface area contributed by atoms with Crippen molar-refractivity contribution in [2.75, 3.05) is 64.4 Å². The van der Waals surface area contributed by atoms with E-state index in [9.17, 15) is 4.79 Å². The highest BCUT2D eigenvalue weighted by Gasteiger charge is 2.24. The molecule has 0 radical (unpaired) electrons. The molecule has 0 N–H and O–H groups in total. The number of morpholine rings is 1. The molecular formula is C19H33N5O2. The van der Waals surface area contributed by atoms with Crippen LogP contribution in [-0.4, -0.2) is 84.9 Å². The minimum atomic E-state index is -0.0676. The summed E-state index contributed by atoms with van der Waals surface area (Å²) >= 11 is 0. The molecule has 3 rings (SSSR count). The number of hydrogen-bond acceptors (Lipinski definition) is 6. The molecule has 2 saturated heterocycles. The third kappa shape index (κ3) is 5.05. The van der Waals surface area contributed by atoms with Crippen molar-refractivity contribution in [2.45, 2.75) is 25.9 Å². The molecule has 2 aliphatic heterocycles. The van der Waals surface area contributed by atoms with E-state index in [1.807, 2.05) is 11.9 Å². The number of likely N-dealkylation sites (N-methyl/N-ethyl adjacent to an activating group) is 1. The third-order valence-electron chi connectivity index (χ3n) is 5.67. The summed E-state index contributed by atoms with van der Waals surface area (Å²) in [4.78, 5) is 23.5. The van der Waals surface area contributed by atoms with Gasteiger partial charge in [0.15, 0.2) is 5.82 Å². The molecule has 0 saturated carbocycles. The number of rotatable bonds is 6. The molecule has 146 valence electrons. The minimum absolute atomic E-state index is 0.0676. The quantitative estimate of drug-likeness (QED) is 0.740. The molecule has 0 aromatic carbocycles. The van der Waals surface area contributed by atoms with Crippen LogP contribution in [0.2, 0.25) is 0 Å². The molecule has 7 nitrogen and oxygen atoms in total. The SMILES string of the molecule is CC1CCN(CCN2CCO[C@@H](CN(C)c3nccn(C)c3=O)C2)CC1. The Hall–Kier alpha value is -1.44. The molecule has 3 heterocycles. The number of piperidine rings is 1. The van der Waals surface area contributed by atoms with Crippen LogP contribution >= 0.6 is 0 Å². The Kier molecular flexibility index (Phi) is 6.67. The molecule has 2 fully saturated rings. The predicted octanol–water partition coefficient (Wildman–Crippen LogP) is 0.649. The first kappa shape index (κ1) is 19.3. The maximum Gasteiger partial charge on any atom is 0.293 e. The maximum atomic E-state index is 12.2. The molecule has 26 heavy (non-hydrogen) atoms. The second-order valence-corrected chi connectivity index (χ2v) is 7.86. The number of ether oxygens (including phenoxy) is 1. The summed E-state index contributed by atoms with van der Waals surface area (Å²) in [5, 5.41) is 0. The minimum Gasteiger partial charge on any atom is -0.374 e. The molecule has 7 heteroatoms. The van der Waals surface area contributed by atoms with Gasteiger partial charge >= 0.3 is 0 Å². The lowest BCUT2D eigenvalue weighted by atomic mass is 9.99. The van der Waals surface area contributed by atoms with Crippen LogP contribution in [0.15, 0.2) is 17.2 Å². The summed E-state index contributed by atoms with van der Waals surface area (Å²) in [7, 11) is 3.67. The molecule has 0 unspecified atom stereocenters. The Balaban J connectivity index is 1.47. The highest BCUT2D eigenvalue weighted by Crippen LogP contribution is 2.16. The zero-order valence-electron chi connectivity index (χ0n) is 16.4. The molecule has 0 spiro atoms. The molecule has 0 amide bonds. The van der Waals surface area contributed by atoms with E-state index in [1.54, 1.807) is 24.0 Å². The number of nitrogens with zero attached hydrogens (tertiary/aromatic N) is 5. The largest absolute Gasteiger partial charge is 0.374 e. The lowest BCUT2D eigenvalue weighted by Gasteiger charge is -2.37. The van der Waals surface area contributed by atoms with Gasteiger partial charge in [0.25, 0.3) is 5.56 Å². The molecule has 1 aromatic rings. The van der Waals surface area contributed by atoms with Crippen molar-refractivity contribution in [1.82, 2.24) is 19.4 Å². The van der Waals surface area contributed by atoms with E-state index in [1.165, 1.54) is 25.9 Å². The van der Waals surface area contributed by atoms with Crippen LogP contribution in [0.4, 0.5) is 5.82 Å². The van der Waals surface area contributed by atoms with Gasteiger partial charge in [0.1, 0.15) is 0 Å². The van der Waals surface area contributed by atoms with Crippen molar-refractivity contribution in [3.63, 3.8) is 0 Å². The Morgan fingerprint density at radius 3 is 2.73 bits per heavy atom. The summed E-state index contributed by atoms with van der Waals surface area (Å²) in [6, 6.07) is 0. The fourth-order valence-corrected chi connectivity index (χ4v) is 3.80. The molecule has 0 bridgehead atoms. The first-order valence-corrected chi connectivity index (χ1v) is 9.82. The lowest BCUT2D eigenvalue weighted by Crippen LogP contribution is -2.50. The van der Waals surface area contributed by atoms with E-state index in [0.717, 1.165) is 38.7 Å². The number of aryl methyl sites for hydroxylation is 1. The van der Waals surface area contributed by atoms with Gasteiger partial charge in [0.2, 0.25) is 0 Å². The van der Waals surface area contributed by atoms with Crippen molar-refractivity contribution in [2.24, 2.45) is 13.0 Å². The van der Waals surface area contributed by atoms with E-state index >= 15 is 0 Å². The van der Waals surface area contributed by atoms with Crippen LogP contribution < -0.4 is 10.5 Å². The smallest absolute Gasteiger partial charge is 0.293 e. The van der Waals surface area contributed by atoms with Crippen molar-refractivity contribution < 1.29 is 4.74 Å². The number of hydrogen-bond donors (Lipinski definition) is 0. The summed E-state index contributed by atoms with van der Waals surface area (Å²) in [5.74, 6) is 1.37. The second-order valence-electron chi connectivity index (χ2n) is 7.86. The van der Waals surface area contributed by atoms with E-state index < -0.39 is 0 Å². The van der Waals surface area contributed by atoms with Gasteiger partial charge in [-0.05, 0) is 31.8 Å². The Morgan fingerprint density at radius 2 is 1.96 bits per heavy atom. The van der Waals surface area contributed by atoms with Crippen LogP contribution in [0.1, 0.15) is 19.8 Å². The second kappa shape index (κ2) is 8.97. The van der Waals surface area contributed by atoms with Gasteiger partial charge < -0.3 is 19.1 Å². The van der Waals surface area contributed by atoms with Crippen LogP contribution in [0.3, 0.4) is 0 Å². The van der Waals surface area contributed by atoms with Gasteiger partial charge in [-0.1, -0.05) is 6.92 Å². The fraction of sp³-hybridized carbons (Fsp3) is 0.789. The van der Waals surface area contributed by atoms with Gasteiger partial charge in [0.05, 0.1) is 12.7 Å². The van der Waals surface area contributed by atoms with Gasteiger partial charge in [-0.25, -0.2) is 4.98 Å². The van der Waals surface area contributed by atoms with E-state index in [0.29, 0.717) is 12.4 Å². The number of likely N-dealkylation sites (tertiary alicyclic amines) is 1. The third-order valence-corrected chi connectivity index (χ3v) is 5.67. The van der Waals surface area contributed by atoms with E-state index in [4.69, 9.17) is 4.74 Å².